The van der Waals surface area contributed by atoms with Gasteiger partial charge in [0.15, 0.2) is 0 Å². The van der Waals surface area contributed by atoms with E-state index in [9.17, 15) is 10.1 Å². The molecule has 1 N–H and O–H groups in total. The van der Waals surface area contributed by atoms with Gasteiger partial charge in [0.05, 0.1) is 22.2 Å². The standard InChI is InChI=1S/C11H12N4O2S/c1-7-3-10(15(16)17)11(12-4-7)13-5-9-6-18-8(2)14-9/h3-4,6H,5H2,1-2H3,(H,12,13). The molecule has 0 unspecified atom stereocenters. The first-order valence-electron chi connectivity index (χ1n) is 5.32. The lowest BCUT2D eigenvalue weighted by atomic mass is 10.3. The van der Waals surface area contributed by atoms with Crippen molar-refractivity contribution in [2.75, 3.05) is 5.32 Å². The van der Waals surface area contributed by atoms with Gasteiger partial charge in [-0.3, -0.25) is 10.1 Å². The Morgan fingerprint density at radius 1 is 1.50 bits per heavy atom. The van der Waals surface area contributed by atoms with Crippen LogP contribution in [-0.2, 0) is 6.54 Å². The Kier molecular flexibility index (Phi) is 3.52. The van der Waals surface area contributed by atoms with E-state index >= 15 is 0 Å². The number of rotatable bonds is 4. The maximum absolute atomic E-state index is 10.9. The van der Waals surface area contributed by atoms with Gasteiger partial charge in [-0.15, -0.1) is 11.3 Å². The molecule has 0 aliphatic carbocycles. The predicted molar refractivity (Wildman–Crippen MR) is 69.8 cm³/mol. The predicted octanol–water partition coefficient (Wildman–Crippen LogP) is 2.68. The number of hydrogen-bond acceptors (Lipinski definition) is 6. The monoisotopic (exact) mass is 264 g/mol. The van der Waals surface area contributed by atoms with Crippen molar-refractivity contribution in [3.8, 4) is 0 Å². The van der Waals surface area contributed by atoms with Crippen LogP contribution in [0.5, 0.6) is 0 Å². The van der Waals surface area contributed by atoms with Gasteiger partial charge in [0, 0.05) is 17.6 Å². The van der Waals surface area contributed by atoms with Crippen LogP contribution in [0.3, 0.4) is 0 Å². The lowest BCUT2D eigenvalue weighted by molar-refractivity contribution is -0.384. The second kappa shape index (κ2) is 5.09. The van der Waals surface area contributed by atoms with E-state index in [1.165, 1.54) is 6.07 Å². The molecule has 7 heteroatoms. The molecule has 0 saturated heterocycles. The van der Waals surface area contributed by atoms with E-state index in [4.69, 9.17) is 0 Å². The maximum atomic E-state index is 10.9. The minimum atomic E-state index is -0.436. The number of hydrogen-bond donors (Lipinski definition) is 1. The molecule has 0 radical (unpaired) electrons. The highest BCUT2D eigenvalue weighted by Gasteiger charge is 2.15. The van der Waals surface area contributed by atoms with Crippen molar-refractivity contribution in [1.29, 1.82) is 0 Å². The van der Waals surface area contributed by atoms with Crippen LogP contribution in [-0.4, -0.2) is 14.9 Å². The van der Waals surface area contributed by atoms with Crippen molar-refractivity contribution in [1.82, 2.24) is 9.97 Å². The van der Waals surface area contributed by atoms with Crippen molar-refractivity contribution in [2.45, 2.75) is 20.4 Å². The zero-order valence-electron chi connectivity index (χ0n) is 10.0. The van der Waals surface area contributed by atoms with Crippen molar-refractivity contribution < 1.29 is 4.92 Å². The van der Waals surface area contributed by atoms with E-state index in [0.29, 0.717) is 6.54 Å². The SMILES string of the molecule is Cc1cnc(NCc2csc(C)n2)c([N+](=O)[O-])c1. The number of pyridine rings is 1. The van der Waals surface area contributed by atoms with Crippen LogP contribution in [0, 0.1) is 24.0 Å². The van der Waals surface area contributed by atoms with E-state index in [1.807, 2.05) is 12.3 Å². The summed E-state index contributed by atoms with van der Waals surface area (Å²) in [7, 11) is 0. The third-order valence-electron chi connectivity index (χ3n) is 2.30. The van der Waals surface area contributed by atoms with Crippen LogP contribution in [0.2, 0.25) is 0 Å². The van der Waals surface area contributed by atoms with Gasteiger partial charge in [0.25, 0.3) is 0 Å². The van der Waals surface area contributed by atoms with Crippen LogP contribution in [0.4, 0.5) is 11.5 Å². The van der Waals surface area contributed by atoms with Gasteiger partial charge >= 0.3 is 5.69 Å². The summed E-state index contributed by atoms with van der Waals surface area (Å²) in [6.07, 6.45) is 1.60. The molecule has 94 valence electrons. The number of aromatic nitrogens is 2. The fraction of sp³-hybridized carbons (Fsp3) is 0.273. The smallest absolute Gasteiger partial charge is 0.311 e. The Hall–Kier alpha value is -2.02. The number of thiazole rings is 1. The van der Waals surface area contributed by atoms with Gasteiger partial charge in [0.1, 0.15) is 0 Å². The molecule has 2 rings (SSSR count). The molecule has 18 heavy (non-hydrogen) atoms. The molecule has 0 spiro atoms. The van der Waals surface area contributed by atoms with Crippen molar-refractivity contribution in [3.63, 3.8) is 0 Å². The summed E-state index contributed by atoms with van der Waals surface area (Å²) in [4.78, 5) is 18.8. The molecule has 0 aliphatic rings. The average molecular weight is 264 g/mol. The summed E-state index contributed by atoms with van der Waals surface area (Å²) in [5.74, 6) is 0.274. The number of nitrogens with one attached hydrogen (secondary N) is 1. The second-order valence-corrected chi connectivity index (χ2v) is 4.91. The quantitative estimate of drug-likeness (QED) is 0.678. The van der Waals surface area contributed by atoms with Gasteiger partial charge in [-0.2, -0.15) is 0 Å². The third kappa shape index (κ3) is 2.80. The molecule has 2 heterocycles. The molecule has 0 aliphatic heterocycles. The molecule has 0 fully saturated rings. The topological polar surface area (TPSA) is 81.0 Å². The minimum absolute atomic E-state index is 0.0121. The lowest BCUT2D eigenvalue weighted by Crippen LogP contribution is -2.05. The fourth-order valence-electron chi connectivity index (χ4n) is 1.49. The summed E-state index contributed by atoms with van der Waals surface area (Å²) in [5.41, 5.74) is 1.60. The molecule has 6 nitrogen and oxygen atoms in total. The fourth-order valence-corrected chi connectivity index (χ4v) is 2.11. The second-order valence-electron chi connectivity index (χ2n) is 3.85. The first kappa shape index (κ1) is 12.4. The molecular weight excluding hydrogens is 252 g/mol. The summed E-state index contributed by atoms with van der Waals surface area (Å²) in [6, 6.07) is 1.50. The number of nitro groups is 1. The Bertz CT molecular complexity index is 582. The van der Waals surface area contributed by atoms with Crippen molar-refractivity contribution in [2.24, 2.45) is 0 Å². The van der Waals surface area contributed by atoms with Gasteiger partial charge in [-0.1, -0.05) is 0 Å². The molecule has 2 aromatic heterocycles. The lowest BCUT2D eigenvalue weighted by Gasteiger charge is -2.04. The molecule has 0 aromatic carbocycles. The Morgan fingerprint density at radius 2 is 2.28 bits per heavy atom. The summed E-state index contributed by atoms with van der Waals surface area (Å²) in [5, 5.41) is 16.7. The van der Waals surface area contributed by atoms with Crippen molar-refractivity contribution in [3.05, 3.63) is 44.0 Å². The molecular formula is C11H12N4O2S. The highest BCUT2D eigenvalue weighted by molar-refractivity contribution is 7.09. The van der Waals surface area contributed by atoms with Gasteiger partial charge in [-0.25, -0.2) is 9.97 Å². The highest BCUT2D eigenvalue weighted by atomic mass is 32.1. The minimum Gasteiger partial charge on any atom is -0.359 e. The highest BCUT2D eigenvalue weighted by Crippen LogP contribution is 2.23. The van der Waals surface area contributed by atoms with E-state index < -0.39 is 4.92 Å². The third-order valence-corrected chi connectivity index (χ3v) is 3.13. The van der Waals surface area contributed by atoms with Gasteiger partial charge < -0.3 is 5.32 Å². The zero-order valence-corrected chi connectivity index (χ0v) is 10.8. The summed E-state index contributed by atoms with van der Waals surface area (Å²) in [6.45, 7) is 4.12. The Balaban J connectivity index is 2.16. The average Bonchev–Trinajstić information content (AvgIpc) is 2.73. The first-order valence-corrected chi connectivity index (χ1v) is 6.20. The van der Waals surface area contributed by atoms with E-state index in [2.05, 4.69) is 15.3 Å². The number of aryl methyl sites for hydroxylation is 2. The molecule has 0 saturated carbocycles. The van der Waals surface area contributed by atoms with E-state index in [0.717, 1.165) is 16.3 Å². The van der Waals surface area contributed by atoms with Gasteiger partial charge in [-0.05, 0) is 19.4 Å². The maximum Gasteiger partial charge on any atom is 0.311 e. The van der Waals surface area contributed by atoms with Crippen LogP contribution >= 0.6 is 11.3 Å². The van der Waals surface area contributed by atoms with E-state index in [-0.39, 0.29) is 11.5 Å². The van der Waals surface area contributed by atoms with Gasteiger partial charge in [0.2, 0.25) is 5.82 Å². The summed E-state index contributed by atoms with van der Waals surface area (Å²) < 4.78 is 0. The molecule has 2 aromatic rings. The zero-order chi connectivity index (χ0) is 13.1. The number of anilines is 1. The molecule has 0 bridgehead atoms. The van der Waals surface area contributed by atoms with Crippen LogP contribution in [0.15, 0.2) is 17.6 Å². The molecule has 0 amide bonds. The normalized spacial score (nSPS) is 10.3. The molecule has 0 atom stereocenters. The first-order chi connectivity index (χ1) is 8.56. The Labute approximate surface area is 108 Å². The summed E-state index contributed by atoms with van der Waals surface area (Å²) >= 11 is 1.55. The van der Waals surface area contributed by atoms with Crippen LogP contribution in [0.25, 0.3) is 0 Å². The Morgan fingerprint density at radius 3 is 2.89 bits per heavy atom. The van der Waals surface area contributed by atoms with Crippen molar-refractivity contribution >= 4 is 22.8 Å². The van der Waals surface area contributed by atoms with E-state index in [1.54, 1.807) is 24.5 Å². The van der Waals surface area contributed by atoms with Crippen LogP contribution < -0.4 is 5.32 Å². The van der Waals surface area contributed by atoms with Crippen LogP contribution in [0.1, 0.15) is 16.3 Å². The number of nitrogens with zero attached hydrogens (tertiary/aromatic N) is 3. The largest absolute Gasteiger partial charge is 0.359 e.